The Balaban J connectivity index is 0.00000121. The topological polar surface area (TPSA) is 3.24 Å². The molecular formula is C16H25N. The van der Waals surface area contributed by atoms with Gasteiger partial charge in [0.1, 0.15) is 0 Å². The third-order valence-corrected chi connectivity index (χ3v) is 2.33. The molecule has 0 N–H and O–H groups in total. The molecule has 0 saturated carbocycles. The van der Waals surface area contributed by atoms with E-state index < -0.39 is 0 Å². The van der Waals surface area contributed by atoms with E-state index in [1.165, 1.54) is 17.0 Å². The summed E-state index contributed by atoms with van der Waals surface area (Å²) in [4.78, 5) is 2.18. The number of rotatable bonds is 3. The summed E-state index contributed by atoms with van der Waals surface area (Å²) in [6.07, 6.45) is 4.27. The Labute approximate surface area is 106 Å². The number of benzene rings is 1. The van der Waals surface area contributed by atoms with Crippen LogP contribution in [0.1, 0.15) is 34.6 Å². The highest BCUT2D eigenvalue weighted by molar-refractivity contribution is 5.50. The molecule has 0 saturated heterocycles. The summed E-state index contributed by atoms with van der Waals surface area (Å²) in [7, 11) is 2.08. The summed E-state index contributed by atoms with van der Waals surface area (Å²) in [6.45, 7) is 10.3. The highest BCUT2D eigenvalue weighted by Crippen LogP contribution is 2.16. The lowest BCUT2D eigenvalue weighted by Crippen LogP contribution is -2.13. The lowest BCUT2D eigenvalue weighted by atomic mass is 10.2. The minimum atomic E-state index is 1.22. The Bertz CT molecular complexity index is 356. The smallest absolute Gasteiger partial charge is 0.0405 e. The summed E-state index contributed by atoms with van der Waals surface area (Å²) in [5, 5.41) is 0. The largest absolute Gasteiger partial charge is 0.348 e. The molecule has 17 heavy (non-hydrogen) atoms. The maximum Gasteiger partial charge on any atom is 0.0405 e. The van der Waals surface area contributed by atoms with Gasteiger partial charge < -0.3 is 4.90 Å². The molecule has 0 aliphatic carbocycles. The predicted octanol–water partition coefficient (Wildman–Crippen LogP) is 5.02. The van der Waals surface area contributed by atoms with Crippen molar-refractivity contribution in [3.8, 4) is 0 Å². The van der Waals surface area contributed by atoms with Crippen LogP contribution in [0.2, 0.25) is 0 Å². The van der Waals surface area contributed by atoms with Crippen molar-refractivity contribution in [3.05, 3.63) is 53.8 Å². The number of anilines is 1. The first-order chi connectivity index (χ1) is 8.11. The van der Waals surface area contributed by atoms with Gasteiger partial charge >= 0.3 is 0 Å². The molecular weight excluding hydrogens is 206 g/mol. The lowest BCUT2D eigenvalue weighted by Gasteiger charge is -2.19. The Hall–Kier alpha value is -1.50. The van der Waals surface area contributed by atoms with E-state index in [4.69, 9.17) is 0 Å². The second kappa shape index (κ2) is 8.63. The summed E-state index contributed by atoms with van der Waals surface area (Å²) in [5.41, 5.74) is 3.77. The molecule has 0 aliphatic heterocycles. The van der Waals surface area contributed by atoms with Gasteiger partial charge in [-0.25, -0.2) is 0 Å². The Morgan fingerprint density at radius 2 is 1.47 bits per heavy atom. The average Bonchev–Trinajstić information content (AvgIpc) is 2.38. The molecule has 94 valence electrons. The van der Waals surface area contributed by atoms with E-state index in [0.717, 1.165) is 0 Å². The number of para-hydroxylation sites is 1. The molecule has 0 atom stereocenters. The number of hydrogen-bond acceptors (Lipinski definition) is 1. The first-order valence-corrected chi connectivity index (χ1v) is 6.22. The van der Waals surface area contributed by atoms with E-state index in [2.05, 4.69) is 69.1 Å². The van der Waals surface area contributed by atoms with Gasteiger partial charge in [-0.1, -0.05) is 43.7 Å². The van der Waals surface area contributed by atoms with Crippen LogP contribution in [0.3, 0.4) is 0 Å². The lowest BCUT2D eigenvalue weighted by molar-refractivity contribution is 1.09. The standard InChI is InChI=1S/C14H19N.C2H6/c1-12(2)10-11-13(3)15(4)14-8-6-5-7-9-14;1-2/h5-11H,1-4H3;1-2H3/b13-11-;. The molecule has 0 fully saturated rings. The molecule has 0 spiro atoms. The van der Waals surface area contributed by atoms with Crippen LogP contribution in [-0.2, 0) is 0 Å². The van der Waals surface area contributed by atoms with E-state index in [1.807, 2.05) is 19.9 Å². The van der Waals surface area contributed by atoms with Crippen molar-refractivity contribution in [2.45, 2.75) is 34.6 Å². The molecule has 0 radical (unpaired) electrons. The summed E-state index contributed by atoms with van der Waals surface area (Å²) < 4.78 is 0. The number of allylic oxidation sites excluding steroid dienone is 4. The molecule has 0 amide bonds. The molecule has 0 aliphatic rings. The van der Waals surface area contributed by atoms with Crippen molar-refractivity contribution in [3.63, 3.8) is 0 Å². The van der Waals surface area contributed by atoms with Gasteiger partial charge in [-0.3, -0.25) is 0 Å². The molecule has 1 nitrogen and oxygen atoms in total. The van der Waals surface area contributed by atoms with Gasteiger partial charge in [-0.2, -0.15) is 0 Å². The van der Waals surface area contributed by atoms with Crippen LogP contribution >= 0.6 is 0 Å². The normalized spacial score (nSPS) is 10.1. The fraction of sp³-hybridized carbons (Fsp3) is 0.375. The van der Waals surface area contributed by atoms with Gasteiger partial charge in [-0.05, 0) is 39.0 Å². The molecule has 0 bridgehead atoms. The zero-order valence-electron chi connectivity index (χ0n) is 12.0. The van der Waals surface area contributed by atoms with Crippen molar-refractivity contribution in [2.24, 2.45) is 0 Å². The quantitative estimate of drug-likeness (QED) is 0.660. The third kappa shape index (κ3) is 5.96. The van der Waals surface area contributed by atoms with Crippen LogP contribution in [0.25, 0.3) is 0 Å². The van der Waals surface area contributed by atoms with E-state index in [-0.39, 0.29) is 0 Å². The van der Waals surface area contributed by atoms with Crippen molar-refractivity contribution in [1.29, 1.82) is 0 Å². The summed E-state index contributed by atoms with van der Waals surface area (Å²) >= 11 is 0. The third-order valence-electron chi connectivity index (χ3n) is 2.33. The van der Waals surface area contributed by atoms with Crippen LogP contribution in [0.5, 0.6) is 0 Å². The minimum absolute atomic E-state index is 1.22. The van der Waals surface area contributed by atoms with E-state index in [0.29, 0.717) is 0 Å². The zero-order chi connectivity index (χ0) is 13.3. The van der Waals surface area contributed by atoms with E-state index in [9.17, 15) is 0 Å². The van der Waals surface area contributed by atoms with Crippen molar-refractivity contribution in [2.75, 3.05) is 11.9 Å². The molecule has 1 aromatic carbocycles. The predicted molar refractivity (Wildman–Crippen MR) is 79.4 cm³/mol. The Morgan fingerprint density at radius 3 is 1.94 bits per heavy atom. The number of hydrogen-bond donors (Lipinski definition) is 0. The molecule has 1 aromatic rings. The van der Waals surface area contributed by atoms with Gasteiger partial charge in [0.05, 0.1) is 0 Å². The van der Waals surface area contributed by atoms with Gasteiger partial charge in [0.2, 0.25) is 0 Å². The fourth-order valence-electron chi connectivity index (χ4n) is 1.25. The highest BCUT2D eigenvalue weighted by atomic mass is 15.1. The second-order valence-corrected chi connectivity index (χ2v) is 3.95. The first kappa shape index (κ1) is 15.5. The first-order valence-electron chi connectivity index (χ1n) is 6.22. The Kier molecular flexibility index (Phi) is 7.87. The van der Waals surface area contributed by atoms with Gasteiger partial charge in [0.15, 0.2) is 0 Å². The van der Waals surface area contributed by atoms with E-state index >= 15 is 0 Å². The highest BCUT2D eigenvalue weighted by Gasteiger charge is 1.99. The average molecular weight is 231 g/mol. The maximum atomic E-state index is 2.18. The monoisotopic (exact) mass is 231 g/mol. The fourth-order valence-corrected chi connectivity index (χ4v) is 1.25. The van der Waals surface area contributed by atoms with Crippen LogP contribution in [0, 0.1) is 0 Å². The van der Waals surface area contributed by atoms with Crippen LogP contribution < -0.4 is 4.90 Å². The van der Waals surface area contributed by atoms with E-state index in [1.54, 1.807) is 0 Å². The van der Waals surface area contributed by atoms with Crippen molar-refractivity contribution >= 4 is 5.69 Å². The van der Waals surface area contributed by atoms with Gasteiger partial charge in [0.25, 0.3) is 0 Å². The van der Waals surface area contributed by atoms with Crippen molar-refractivity contribution < 1.29 is 0 Å². The number of nitrogens with zero attached hydrogens (tertiary/aromatic N) is 1. The van der Waals surface area contributed by atoms with Crippen LogP contribution in [0.4, 0.5) is 5.69 Å². The Morgan fingerprint density at radius 1 is 0.941 bits per heavy atom. The van der Waals surface area contributed by atoms with Crippen LogP contribution in [0.15, 0.2) is 53.8 Å². The SMILES string of the molecule is CC.CC(C)=C/C=C(/C)N(C)c1ccccc1. The molecule has 1 rings (SSSR count). The molecule has 1 heteroatoms. The van der Waals surface area contributed by atoms with Gasteiger partial charge in [-0.15, -0.1) is 0 Å². The molecule has 0 aromatic heterocycles. The zero-order valence-corrected chi connectivity index (χ0v) is 12.0. The minimum Gasteiger partial charge on any atom is -0.348 e. The second-order valence-electron chi connectivity index (χ2n) is 3.95. The molecule has 0 unspecified atom stereocenters. The summed E-state index contributed by atoms with van der Waals surface area (Å²) in [6, 6.07) is 10.4. The maximum absolute atomic E-state index is 2.18. The van der Waals surface area contributed by atoms with Gasteiger partial charge in [0, 0.05) is 18.4 Å². The summed E-state index contributed by atoms with van der Waals surface area (Å²) in [5.74, 6) is 0. The molecule has 0 heterocycles. The van der Waals surface area contributed by atoms with Crippen molar-refractivity contribution in [1.82, 2.24) is 0 Å². The van der Waals surface area contributed by atoms with Crippen LogP contribution in [-0.4, -0.2) is 7.05 Å².